The maximum absolute atomic E-state index is 13.0. The number of sulfone groups is 1. The predicted molar refractivity (Wildman–Crippen MR) is 97.3 cm³/mol. The minimum absolute atomic E-state index is 0.0287. The van der Waals surface area contributed by atoms with Crippen LogP contribution < -0.4 is 5.32 Å². The molecule has 4 nitrogen and oxygen atoms in total. The fourth-order valence-electron chi connectivity index (χ4n) is 2.32. The molecule has 1 aromatic carbocycles. The minimum Gasteiger partial charge on any atom is -0.350 e. The molecule has 2 heterocycles. The second-order valence-electron chi connectivity index (χ2n) is 5.06. The lowest BCUT2D eigenvalue weighted by Crippen LogP contribution is -2.31. The van der Waals surface area contributed by atoms with Gasteiger partial charge in [-0.25, -0.2) is 8.42 Å². The van der Waals surface area contributed by atoms with Crippen molar-refractivity contribution in [3.05, 3.63) is 75.8 Å². The van der Waals surface area contributed by atoms with E-state index in [2.05, 4.69) is 5.32 Å². The molecule has 3 aromatic rings. The number of nitrogens with one attached hydrogen (secondary N) is 1. The van der Waals surface area contributed by atoms with Gasteiger partial charge >= 0.3 is 0 Å². The highest BCUT2D eigenvalue weighted by Gasteiger charge is 2.30. The lowest BCUT2D eigenvalue weighted by atomic mass is 10.1. The molecule has 1 unspecified atom stereocenters. The Bertz CT molecular complexity index is 886. The molecular formula is C17H15NO3S3. The van der Waals surface area contributed by atoms with E-state index in [4.69, 9.17) is 0 Å². The van der Waals surface area contributed by atoms with E-state index in [-0.39, 0.29) is 12.5 Å². The normalized spacial score (nSPS) is 12.7. The third-order valence-corrected chi connectivity index (χ3v) is 7.92. The lowest BCUT2D eigenvalue weighted by Gasteiger charge is -2.18. The quantitative estimate of drug-likeness (QED) is 0.711. The van der Waals surface area contributed by atoms with Crippen LogP contribution >= 0.6 is 22.7 Å². The first-order chi connectivity index (χ1) is 11.6. The zero-order valence-corrected chi connectivity index (χ0v) is 15.0. The second-order valence-corrected chi connectivity index (χ2v) is 9.32. The average Bonchev–Trinajstić information content (AvgIpc) is 3.29. The summed E-state index contributed by atoms with van der Waals surface area (Å²) in [5, 5.41) is 5.48. The van der Waals surface area contributed by atoms with Gasteiger partial charge in [0.25, 0.3) is 5.91 Å². The van der Waals surface area contributed by atoms with Gasteiger partial charge in [0, 0.05) is 6.54 Å². The van der Waals surface area contributed by atoms with E-state index in [1.807, 2.05) is 11.4 Å². The van der Waals surface area contributed by atoms with Gasteiger partial charge in [-0.05, 0) is 28.5 Å². The molecule has 7 heteroatoms. The zero-order valence-electron chi connectivity index (χ0n) is 12.6. The van der Waals surface area contributed by atoms with Gasteiger partial charge < -0.3 is 5.32 Å². The van der Waals surface area contributed by atoms with Gasteiger partial charge in [0.2, 0.25) is 0 Å². The molecular weight excluding hydrogens is 362 g/mol. The van der Waals surface area contributed by atoms with Crippen LogP contribution in [-0.2, 0) is 9.84 Å². The summed E-state index contributed by atoms with van der Waals surface area (Å²) in [6, 6.07) is 15.8. The molecule has 0 aliphatic carbocycles. The first-order valence-corrected chi connectivity index (χ1v) is 10.5. The van der Waals surface area contributed by atoms with Crippen LogP contribution in [-0.4, -0.2) is 20.9 Å². The van der Waals surface area contributed by atoms with Crippen LogP contribution in [0.15, 0.2) is 69.6 Å². The number of hydrogen-bond acceptors (Lipinski definition) is 5. The van der Waals surface area contributed by atoms with Crippen molar-refractivity contribution >= 4 is 38.4 Å². The molecule has 124 valence electrons. The monoisotopic (exact) mass is 377 g/mol. The molecule has 1 N–H and O–H groups in total. The molecule has 3 rings (SSSR count). The zero-order chi connectivity index (χ0) is 17.0. The molecule has 0 saturated carbocycles. The van der Waals surface area contributed by atoms with Crippen molar-refractivity contribution in [3.8, 4) is 0 Å². The number of rotatable bonds is 6. The van der Waals surface area contributed by atoms with Crippen molar-refractivity contribution < 1.29 is 13.2 Å². The van der Waals surface area contributed by atoms with E-state index in [0.29, 0.717) is 14.6 Å². The van der Waals surface area contributed by atoms with Gasteiger partial charge in [0.15, 0.2) is 9.84 Å². The Labute approximate surface area is 148 Å². The van der Waals surface area contributed by atoms with Gasteiger partial charge in [-0.15, -0.1) is 22.7 Å². The van der Waals surface area contributed by atoms with Crippen molar-refractivity contribution in [2.45, 2.75) is 9.46 Å². The Kier molecular flexibility index (Phi) is 5.13. The summed E-state index contributed by atoms with van der Waals surface area (Å²) in [6.45, 7) is 0.0287. The van der Waals surface area contributed by atoms with E-state index >= 15 is 0 Å². The fourth-order valence-corrected chi connectivity index (χ4v) is 5.83. The van der Waals surface area contributed by atoms with Crippen LogP contribution in [0.5, 0.6) is 0 Å². The molecule has 24 heavy (non-hydrogen) atoms. The molecule has 2 aromatic heterocycles. The number of carbonyl (C=O) groups excluding carboxylic acids is 1. The first kappa shape index (κ1) is 16.9. The van der Waals surface area contributed by atoms with Crippen LogP contribution in [0.1, 0.15) is 20.5 Å². The summed E-state index contributed by atoms with van der Waals surface area (Å²) in [5.74, 6) is -0.257. The summed E-state index contributed by atoms with van der Waals surface area (Å²) in [4.78, 5) is 12.7. The molecule has 0 radical (unpaired) electrons. The average molecular weight is 378 g/mol. The Hall–Kier alpha value is -1.96. The highest BCUT2D eigenvalue weighted by molar-refractivity contribution is 7.93. The van der Waals surface area contributed by atoms with Crippen LogP contribution in [0.4, 0.5) is 0 Å². The highest BCUT2D eigenvalue weighted by atomic mass is 32.2. The smallest absolute Gasteiger partial charge is 0.261 e. The topological polar surface area (TPSA) is 63.2 Å². The summed E-state index contributed by atoms with van der Waals surface area (Å²) in [5.41, 5.74) is 0.664. The van der Waals surface area contributed by atoms with Gasteiger partial charge in [-0.2, -0.15) is 0 Å². The van der Waals surface area contributed by atoms with Crippen LogP contribution in [0.25, 0.3) is 0 Å². The molecule has 0 bridgehead atoms. The van der Waals surface area contributed by atoms with Crippen molar-refractivity contribution in [2.24, 2.45) is 0 Å². The van der Waals surface area contributed by atoms with Crippen LogP contribution in [0.3, 0.4) is 0 Å². The van der Waals surface area contributed by atoms with Gasteiger partial charge in [-0.3, -0.25) is 4.79 Å². The molecule has 0 aliphatic rings. The van der Waals surface area contributed by atoms with Crippen molar-refractivity contribution in [3.63, 3.8) is 0 Å². The fraction of sp³-hybridized carbons (Fsp3) is 0.118. The van der Waals surface area contributed by atoms with E-state index in [1.54, 1.807) is 53.9 Å². The number of carbonyl (C=O) groups is 1. The van der Waals surface area contributed by atoms with Crippen molar-refractivity contribution in [2.75, 3.05) is 6.54 Å². The maximum atomic E-state index is 13.0. The summed E-state index contributed by atoms with van der Waals surface area (Å²) in [7, 11) is -3.57. The lowest BCUT2D eigenvalue weighted by molar-refractivity contribution is 0.0957. The number of amides is 1. The number of benzene rings is 1. The number of thiophene rings is 2. The minimum atomic E-state index is -3.57. The Morgan fingerprint density at radius 2 is 1.67 bits per heavy atom. The third kappa shape index (κ3) is 3.58. The second kappa shape index (κ2) is 7.29. The third-order valence-electron chi connectivity index (χ3n) is 3.51. The van der Waals surface area contributed by atoms with Gasteiger partial charge in [0.05, 0.1) is 4.88 Å². The maximum Gasteiger partial charge on any atom is 0.261 e. The first-order valence-electron chi connectivity index (χ1n) is 7.23. The van der Waals surface area contributed by atoms with Gasteiger partial charge in [-0.1, -0.05) is 42.5 Å². The number of hydrogen-bond donors (Lipinski definition) is 1. The summed E-state index contributed by atoms with van der Waals surface area (Å²) in [6.07, 6.45) is 0. The van der Waals surface area contributed by atoms with Crippen molar-refractivity contribution in [1.82, 2.24) is 5.32 Å². The van der Waals surface area contributed by atoms with E-state index in [9.17, 15) is 13.2 Å². The SMILES string of the molecule is O=C(NCC(c1ccccc1)S(=O)(=O)c1cccs1)c1cccs1. The molecule has 0 aliphatic heterocycles. The molecule has 0 spiro atoms. The van der Waals surface area contributed by atoms with Crippen LogP contribution in [0.2, 0.25) is 0 Å². The predicted octanol–water partition coefficient (Wildman–Crippen LogP) is 3.75. The standard InChI is InChI=1S/C17H15NO3S3/c19-17(14-8-4-10-22-14)18-12-15(13-6-2-1-3-7-13)24(20,21)16-9-5-11-23-16/h1-11,15H,12H2,(H,18,19). The van der Waals surface area contributed by atoms with Gasteiger partial charge in [0.1, 0.15) is 9.46 Å². The largest absolute Gasteiger partial charge is 0.350 e. The molecule has 0 fully saturated rings. The summed E-state index contributed by atoms with van der Waals surface area (Å²) < 4.78 is 26.2. The van der Waals surface area contributed by atoms with Crippen molar-refractivity contribution in [1.29, 1.82) is 0 Å². The van der Waals surface area contributed by atoms with E-state index < -0.39 is 15.1 Å². The Balaban J connectivity index is 1.87. The van der Waals surface area contributed by atoms with Crippen LogP contribution in [0, 0.1) is 0 Å². The van der Waals surface area contributed by atoms with E-state index in [0.717, 1.165) is 0 Å². The Morgan fingerprint density at radius 1 is 0.958 bits per heavy atom. The highest BCUT2D eigenvalue weighted by Crippen LogP contribution is 2.31. The molecule has 0 saturated heterocycles. The Morgan fingerprint density at radius 3 is 2.29 bits per heavy atom. The van der Waals surface area contributed by atoms with E-state index in [1.165, 1.54) is 22.7 Å². The molecule has 1 amide bonds. The summed E-state index contributed by atoms with van der Waals surface area (Å²) >= 11 is 2.51. The molecule has 1 atom stereocenters.